The summed E-state index contributed by atoms with van der Waals surface area (Å²) in [4.78, 5) is 21.7. The van der Waals surface area contributed by atoms with Crippen LogP contribution >= 0.6 is 0 Å². The minimum atomic E-state index is -1.12. The van der Waals surface area contributed by atoms with Gasteiger partial charge in [0, 0.05) is 12.2 Å². The molecule has 2 aliphatic carbocycles. The first-order valence-electron chi connectivity index (χ1n) is 6.19. The van der Waals surface area contributed by atoms with E-state index < -0.39 is 11.9 Å². The zero-order chi connectivity index (χ0) is 12.4. The molecule has 2 rings (SSSR count). The zero-order valence-corrected chi connectivity index (χ0v) is 9.96. The Morgan fingerprint density at radius 2 is 1.82 bits per heavy atom. The molecule has 0 radical (unpaired) electrons. The van der Waals surface area contributed by atoms with Crippen LogP contribution in [0.2, 0.25) is 0 Å². The van der Waals surface area contributed by atoms with Crippen LogP contribution in [0.4, 0.5) is 0 Å². The van der Waals surface area contributed by atoms with Gasteiger partial charge in [-0.15, -0.1) is 0 Å². The summed E-state index contributed by atoms with van der Waals surface area (Å²) < 4.78 is 5.33. The molecule has 0 unspecified atom stereocenters. The second kappa shape index (κ2) is 4.90. The van der Waals surface area contributed by atoms with Crippen molar-refractivity contribution >= 4 is 11.9 Å². The van der Waals surface area contributed by atoms with E-state index in [0.29, 0.717) is 11.8 Å². The lowest BCUT2D eigenvalue weighted by Crippen LogP contribution is -2.22. The average Bonchev–Trinajstić information content (AvgIpc) is 2.81. The first-order chi connectivity index (χ1) is 8.08. The van der Waals surface area contributed by atoms with Crippen molar-refractivity contribution < 1.29 is 19.4 Å². The van der Waals surface area contributed by atoms with Crippen LogP contribution < -0.4 is 0 Å². The fourth-order valence-electron chi connectivity index (χ4n) is 3.31. The van der Waals surface area contributed by atoms with Crippen molar-refractivity contribution in [3.63, 3.8) is 0 Å². The third-order valence-corrected chi connectivity index (χ3v) is 4.13. The highest BCUT2D eigenvalue weighted by molar-refractivity contribution is 5.90. The van der Waals surface area contributed by atoms with Crippen molar-refractivity contribution in [1.82, 2.24) is 0 Å². The van der Waals surface area contributed by atoms with Gasteiger partial charge < -0.3 is 9.84 Å². The predicted octanol–water partition coefficient (Wildman–Crippen LogP) is 2.00. The van der Waals surface area contributed by atoms with Crippen molar-refractivity contribution in [1.29, 1.82) is 0 Å². The fraction of sp³-hybridized carbons (Fsp3) is 0.692. The first-order valence-corrected chi connectivity index (χ1v) is 6.19. The summed E-state index contributed by atoms with van der Waals surface area (Å²) in [5.41, 5.74) is 0. The number of carboxylic acid groups (broad SMARTS) is 1. The number of ether oxygens (including phenoxy) is 1. The number of aliphatic carboxylic acids is 1. The molecule has 0 heterocycles. The largest absolute Gasteiger partial charge is 0.478 e. The van der Waals surface area contributed by atoms with Crippen molar-refractivity contribution in [3.05, 3.63) is 12.2 Å². The fourth-order valence-corrected chi connectivity index (χ4v) is 3.31. The molecule has 4 nitrogen and oxygen atoms in total. The zero-order valence-electron chi connectivity index (χ0n) is 9.96. The van der Waals surface area contributed by atoms with E-state index >= 15 is 0 Å². The highest BCUT2D eigenvalue weighted by Gasteiger charge is 2.44. The highest BCUT2D eigenvalue weighted by Crippen LogP contribution is 2.48. The van der Waals surface area contributed by atoms with Gasteiger partial charge in [0.15, 0.2) is 0 Å². The maximum Gasteiger partial charge on any atom is 0.331 e. The number of rotatable bonds is 3. The van der Waals surface area contributed by atoms with Crippen molar-refractivity contribution in [2.75, 3.05) is 0 Å². The van der Waals surface area contributed by atoms with E-state index in [4.69, 9.17) is 9.84 Å². The van der Waals surface area contributed by atoms with E-state index in [1.165, 1.54) is 6.42 Å². The lowest BCUT2D eigenvalue weighted by molar-refractivity contribution is -0.145. The van der Waals surface area contributed by atoms with Gasteiger partial charge in [0.1, 0.15) is 6.10 Å². The lowest BCUT2D eigenvalue weighted by atomic mass is 9.93. The van der Waals surface area contributed by atoms with Gasteiger partial charge in [0.2, 0.25) is 0 Å². The molecule has 2 saturated carbocycles. The number of esters is 1. The van der Waals surface area contributed by atoms with Crippen LogP contribution in [0.3, 0.4) is 0 Å². The summed E-state index contributed by atoms with van der Waals surface area (Å²) in [6, 6.07) is 0. The Morgan fingerprint density at radius 3 is 2.53 bits per heavy atom. The topological polar surface area (TPSA) is 63.6 Å². The molecular formula is C13H18O4. The molecule has 17 heavy (non-hydrogen) atoms. The van der Waals surface area contributed by atoms with E-state index in [0.717, 1.165) is 37.3 Å². The van der Waals surface area contributed by atoms with Crippen LogP contribution in [-0.2, 0) is 14.3 Å². The Balaban J connectivity index is 1.88. The summed E-state index contributed by atoms with van der Waals surface area (Å²) in [6.45, 7) is 2.26. The third-order valence-electron chi connectivity index (χ3n) is 4.13. The van der Waals surface area contributed by atoms with Crippen molar-refractivity contribution in [2.45, 2.75) is 38.7 Å². The van der Waals surface area contributed by atoms with Crippen LogP contribution in [0, 0.1) is 17.8 Å². The Hall–Kier alpha value is -1.32. The molecule has 2 fully saturated rings. The Kier molecular flexibility index (Phi) is 3.50. The smallest absolute Gasteiger partial charge is 0.331 e. The van der Waals surface area contributed by atoms with Crippen LogP contribution in [0.1, 0.15) is 32.6 Å². The number of carboxylic acids is 1. The standard InChI is InChI=1S/C13H18O4/c1-8-2-3-10-9(8)4-5-11(10)17-13(16)7-6-12(14)15/h6-11H,2-5H2,1H3,(H,14,15)/b7-6-/t8-,9+,10-,11-/m0/s1. The van der Waals surface area contributed by atoms with E-state index in [1.54, 1.807) is 0 Å². The summed E-state index contributed by atoms with van der Waals surface area (Å²) in [5, 5.41) is 8.41. The number of fused-ring (bicyclic) bond motifs is 1. The Labute approximate surface area is 101 Å². The second-order valence-corrected chi connectivity index (χ2v) is 5.11. The van der Waals surface area contributed by atoms with E-state index in [-0.39, 0.29) is 6.10 Å². The first kappa shape index (κ1) is 12.1. The molecule has 0 aliphatic heterocycles. The van der Waals surface area contributed by atoms with Gasteiger partial charge in [0.25, 0.3) is 0 Å². The van der Waals surface area contributed by atoms with Gasteiger partial charge in [-0.3, -0.25) is 0 Å². The summed E-state index contributed by atoms with van der Waals surface area (Å²) >= 11 is 0. The molecule has 0 aromatic rings. The average molecular weight is 238 g/mol. The molecule has 4 heteroatoms. The van der Waals surface area contributed by atoms with E-state index in [9.17, 15) is 9.59 Å². The molecule has 2 aliphatic rings. The molecule has 0 aromatic carbocycles. The maximum atomic E-state index is 11.4. The highest BCUT2D eigenvalue weighted by atomic mass is 16.5. The number of carbonyl (C=O) groups excluding carboxylic acids is 1. The molecular weight excluding hydrogens is 220 g/mol. The summed E-state index contributed by atoms with van der Waals surface area (Å²) in [6.07, 6.45) is 6.22. The minimum Gasteiger partial charge on any atom is -0.478 e. The SMILES string of the molecule is C[C@H]1CC[C@H]2[C@@H]1CC[C@@H]2OC(=O)/C=C\C(=O)O. The Morgan fingerprint density at radius 1 is 1.12 bits per heavy atom. The second-order valence-electron chi connectivity index (χ2n) is 5.11. The molecule has 4 atom stereocenters. The summed E-state index contributed by atoms with van der Waals surface area (Å²) in [7, 11) is 0. The van der Waals surface area contributed by atoms with Crippen molar-refractivity contribution in [3.8, 4) is 0 Å². The van der Waals surface area contributed by atoms with Gasteiger partial charge in [0.05, 0.1) is 0 Å². The summed E-state index contributed by atoms with van der Waals surface area (Å²) in [5.74, 6) is 0.264. The normalized spacial score (nSPS) is 36.1. The van der Waals surface area contributed by atoms with Crippen LogP contribution in [-0.4, -0.2) is 23.1 Å². The maximum absolute atomic E-state index is 11.4. The van der Waals surface area contributed by atoms with Gasteiger partial charge in [-0.1, -0.05) is 13.3 Å². The molecule has 0 aromatic heterocycles. The van der Waals surface area contributed by atoms with Gasteiger partial charge in [-0.05, 0) is 37.0 Å². The van der Waals surface area contributed by atoms with Crippen LogP contribution in [0.15, 0.2) is 12.2 Å². The van der Waals surface area contributed by atoms with Crippen LogP contribution in [0.5, 0.6) is 0 Å². The van der Waals surface area contributed by atoms with E-state index in [2.05, 4.69) is 6.92 Å². The third kappa shape index (κ3) is 2.68. The number of hydrogen-bond acceptors (Lipinski definition) is 3. The number of hydrogen-bond donors (Lipinski definition) is 1. The van der Waals surface area contributed by atoms with Crippen LogP contribution in [0.25, 0.3) is 0 Å². The molecule has 1 N–H and O–H groups in total. The molecule has 0 spiro atoms. The van der Waals surface area contributed by atoms with Crippen molar-refractivity contribution in [2.24, 2.45) is 17.8 Å². The predicted molar refractivity (Wildman–Crippen MR) is 61.3 cm³/mol. The van der Waals surface area contributed by atoms with Gasteiger partial charge in [-0.25, -0.2) is 9.59 Å². The molecule has 94 valence electrons. The molecule has 0 saturated heterocycles. The molecule has 0 amide bonds. The Bertz CT molecular complexity index is 347. The van der Waals surface area contributed by atoms with Gasteiger partial charge in [-0.2, -0.15) is 0 Å². The lowest BCUT2D eigenvalue weighted by Gasteiger charge is -2.18. The minimum absolute atomic E-state index is 0.00380. The quantitative estimate of drug-likeness (QED) is 0.603. The number of carbonyl (C=O) groups is 2. The monoisotopic (exact) mass is 238 g/mol. The van der Waals surface area contributed by atoms with Gasteiger partial charge >= 0.3 is 11.9 Å². The van der Waals surface area contributed by atoms with E-state index in [1.807, 2.05) is 0 Å². The molecule has 0 bridgehead atoms.